The van der Waals surface area contributed by atoms with Gasteiger partial charge in [-0.25, -0.2) is 4.39 Å². The van der Waals surface area contributed by atoms with Gasteiger partial charge in [0.2, 0.25) is 0 Å². The summed E-state index contributed by atoms with van der Waals surface area (Å²) in [7, 11) is 0. The van der Waals surface area contributed by atoms with Crippen molar-refractivity contribution < 1.29 is 14.3 Å². The van der Waals surface area contributed by atoms with Crippen molar-refractivity contribution >= 4 is 5.91 Å². The maximum atomic E-state index is 12.8. The van der Waals surface area contributed by atoms with E-state index in [4.69, 9.17) is 5.11 Å². The average molecular weight is 211 g/mol. The SMILES string of the molecule is Cc1cc(F)ccc1C(=O)NC[C@H](C)O. The van der Waals surface area contributed by atoms with Gasteiger partial charge in [0.05, 0.1) is 6.10 Å². The molecule has 15 heavy (non-hydrogen) atoms. The molecule has 0 aliphatic heterocycles. The Morgan fingerprint density at radius 1 is 1.60 bits per heavy atom. The molecule has 1 amide bonds. The molecule has 0 aliphatic carbocycles. The number of rotatable bonds is 3. The second kappa shape index (κ2) is 4.89. The Morgan fingerprint density at radius 2 is 2.27 bits per heavy atom. The predicted molar refractivity (Wildman–Crippen MR) is 55.2 cm³/mol. The Morgan fingerprint density at radius 3 is 2.80 bits per heavy atom. The van der Waals surface area contributed by atoms with Crippen LogP contribution >= 0.6 is 0 Å². The lowest BCUT2D eigenvalue weighted by Gasteiger charge is -2.08. The van der Waals surface area contributed by atoms with E-state index in [-0.39, 0.29) is 18.3 Å². The molecule has 2 N–H and O–H groups in total. The number of aliphatic hydroxyl groups is 1. The maximum Gasteiger partial charge on any atom is 0.251 e. The quantitative estimate of drug-likeness (QED) is 0.790. The van der Waals surface area contributed by atoms with Crippen LogP contribution in [0, 0.1) is 12.7 Å². The van der Waals surface area contributed by atoms with Gasteiger partial charge in [0, 0.05) is 12.1 Å². The molecule has 0 saturated heterocycles. The fourth-order valence-corrected chi connectivity index (χ4v) is 1.22. The summed E-state index contributed by atoms with van der Waals surface area (Å²) < 4.78 is 12.8. The lowest BCUT2D eigenvalue weighted by molar-refractivity contribution is 0.0923. The number of aryl methyl sites for hydroxylation is 1. The second-order valence-electron chi connectivity index (χ2n) is 3.52. The van der Waals surface area contributed by atoms with E-state index in [1.54, 1.807) is 13.8 Å². The maximum absolute atomic E-state index is 12.8. The van der Waals surface area contributed by atoms with Gasteiger partial charge < -0.3 is 10.4 Å². The zero-order valence-electron chi connectivity index (χ0n) is 8.75. The number of hydrogen-bond acceptors (Lipinski definition) is 2. The zero-order chi connectivity index (χ0) is 11.4. The van der Waals surface area contributed by atoms with Gasteiger partial charge in [0.15, 0.2) is 0 Å². The zero-order valence-corrected chi connectivity index (χ0v) is 8.75. The summed E-state index contributed by atoms with van der Waals surface area (Å²) in [6.07, 6.45) is -0.588. The molecule has 0 aliphatic rings. The normalized spacial score (nSPS) is 12.3. The number of nitrogens with one attached hydrogen (secondary N) is 1. The topological polar surface area (TPSA) is 49.3 Å². The smallest absolute Gasteiger partial charge is 0.251 e. The largest absolute Gasteiger partial charge is 0.392 e. The van der Waals surface area contributed by atoms with E-state index < -0.39 is 6.10 Å². The summed E-state index contributed by atoms with van der Waals surface area (Å²) >= 11 is 0. The van der Waals surface area contributed by atoms with Gasteiger partial charge >= 0.3 is 0 Å². The van der Waals surface area contributed by atoms with Crippen molar-refractivity contribution in [2.75, 3.05) is 6.54 Å². The van der Waals surface area contributed by atoms with Crippen LogP contribution in [-0.4, -0.2) is 23.7 Å². The molecule has 0 aromatic heterocycles. The van der Waals surface area contributed by atoms with Gasteiger partial charge in [-0.3, -0.25) is 4.79 Å². The summed E-state index contributed by atoms with van der Waals surface area (Å²) in [6.45, 7) is 3.44. The standard InChI is InChI=1S/C11H14FNO2/c1-7-5-9(12)3-4-10(7)11(15)13-6-8(2)14/h3-5,8,14H,6H2,1-2H3,(H,13,15)/t8-/m0/s1. The number of benzene rings is 1. The van der Waals surface area contributed by atoms with Crippen molar-refractivity contribution in [1.29, 1.82) is 0 Å². The van der Waals surface area contributed by atoms with Crippen molar-refractivity contribution in [3.8, 4) is 0 Å². The van der Waals surface area contributed by atoms with Crippen LogP contribution in [0.1, 0.15) is 22.8 Å². The monoisotopic (exact) mass is 211 g/mol. The van der Waals surface area contributed by atoms with E-state index >= 15 is 0 Å². The molecule has 82 valence electrons. The first kappa shape index (κ1) is 11.7. The number of carbonyl (C=O) groups is 1. The molecule has 1 atom stereocenters. The van der Waals surface area contributed by atoms with Gasteiger partial charge in [-0.05, 0) is 37.6 Å². The number of hydrogen-bond donors (Lipinski definition) is 2. The van der Waals surface area contributed by atoms with E-state index in [0.717, 1.165) is 0 Å². The van der Waals surface area contributed by atoms with Crippen LogP contribution in [0.4, 0.5) is 4.39 Å². The van der Waals surface area contributed by atoms with Crippen molar-refractivity contribution in [2.24, 2.45) is 0 Å². The third-order valence-electron chi connectivity index (χ3n) is 1.99. The number of amides is 1. The van der Waals surface area contributed by atoms with Crippen molar-refractivity contribution in [3.05, 3.63) is 35.1 Å². The van der Waals surface area contributed by atoms with Crippen LogP contribution in [0.15, 0.2) is 18.2 Å². The highest BCUT2D eigenvalue weighted by Crippen LogP contribution is 2.09. The van der Waals surface area contributed by atoms with Crippen LogP contribution < -0.4 is 5.32 Å². The highest BCUT2D eigenvalue weighted by molar-refractivity contribution is 5.95. The first-order valence-corrected chi connectivity index (χ1v) is 4.73. The highest BCUT2D eigenvalue weighted by atomic mass is 19.1. The lowest BCUT2D eigenvalue weighted by Crippen LogP contribution is -2.30. The lowest BCUT2D eigenvalue weighted by atomic mass is 10.1. The van der Waals surface area contributed by atoms with E-state index in [0.29, 0.717) is 11.1 Å². The predicted octanol–water partition coefficient (Wildman–Crippen LogP) is 1.24. The molecule has 3 nitrogen and oxygen atoms in total. The Balaban J connectivity index is 2.74. The minimum atomic E-state index is -0.588. The first-order valence-electron chi connectivity index (χ1n) is 4.73. The third-order valence-corrected chi connectivity index (χ3v) is 1.99. The average Bonchev–Trinajstić information content (AvgIpc) is 2.14. The summed E-state index contributed by atoms with van der Waals surface area (Å²) in [5.41, 5.74) is 1.01. The minimum Gasteiger partial charge on any atom is -0.392 e. The van der Waals surface area contributed by atoms with Crippen LogP contribution in [-0.2, 0) is 0 Å². The van der Waals surface area contributed by atoms with E-state index in [2.05, 4.69) is 5.32 Å². The Hall–Kier alpha value is -1.42. The molecule has 0 radical (unpaired) electrons. The Bertz CT molecular complexity index is 364. The molecule has 0 spiro atoms. The van der Waals surface area contributed by atoms with E-state index in [1.165, 1.54) is 18.2 Å². The fourth-order valence-electron chi connectivity index (χ4n) is 1.22. The van der Waals surface area contributed by atoms with Gasteiger partial charge in [0.25, 0.3) is 5.91 Å². The van der Waals surface area contributed by atoms with Crippen LogP contribution in [0.25, 0.3) is 0 Å². The summed E-state index contributed by atoms with van der Waals surface area (Å²) in [5.74, 6) is -0.659. The van der Waals surface area contributed by atoms with Gasteiger partial charge in [0.1, 0.15) is 5.82 Å². The van der Waals surface area contributed by atoms with Gasteiger partial charge in [-0.1, -0.05) is 0 Å². The van der Waals surface area contributed by atoms with Gasteiger partial charge in [-0.15, -0.1) is 0 Å². The second-order valence-corrected chi connectivity index (χ2v) is 3.52. The molecule has 1 aromatic rings. The molecule has 0 fully saturated rings. The fraction of sp³-hybridized carbons (Fsp3) is 0.364. The molecular weight excluding hydrogens is 197 g/mol. The first-order chi connectivity index (χ1) is 7.00. The minimum absolute atomic E-state index is 0.190. The van der Waals surface area contributed by atoms with Crippen molar-refractivity contribution in [1.82, 2.24) is 5.32 Å². The van der Waals surface area contributed by atoms with E-state index in [9.17, 15) is 9.18 Å². The van der Waals surface area contributed by atoms with Crippen molar-refractivity contribution in [3.63, 3.8) is 0 Å². The number of aliphatic hydroxyl groups excluding tert-OH is 1. The van der Waals surface area contributed by atoms with Crippen LogP contribution in [0.5, 0.6) is 0 Å². The third kappa shape index (κ3) is 3.32. The number of carbonyl (C=O) groups excluding carboxylic acids is 1. The molecule has 1 aromatic carbocycles. The molecule has 1 rings (SSSR count). The van der Waals surface area contributed by atoms with Gasteiger partial charge in [-0.2, -0.15) is 0 Å². The molecule has 0 unspecified atom stereocenters. The summed E-state index contributed by atoms with van der Waals surface area (Å²) in [6, 6.07) is 3.98. The molecule has 0 saturated carbocycles. The molecule has 0 heterocycles. The Kier molecular flexibility index (Phi) is 3.80. The summed E-state index contributed by atoms with van der Waals surface area (Å²) in [4.78, 5) is 11.5. The molecular formula is C11H14FNO2. The van der Waals surface area contributed by atoms with Crippen LogP contribution in [0.2, 0.25) is 0 Å². The summed E-state index contributed by atoms with van der Waals surface area (Å²) in [5, 5.41) is 11.5. The van der Waals surface area contributed by atoms with E-state index in [1.807, 2.05) is 0 Å². The van der Waals surface area contributed by atoms with Crippen molar-refractivity contribution in [2.45, 2.75) is 20.0 Å². The molecule has 0 bridgehead atoms. The molecule has 4 heteroatoms. The number of halogens is 1. The Labute approximate surface area is 87.9 Å². The van der Waals surface area contributed by atoms with Crippen LogP contribution in [0.3, 0.4) is 0 Å². The highest BCUT2D eigenvalue weighted by Gasteiger charge is 2.09.